The number of hydrogen-bond donors (Lipinski definition) is 1. The van der Waals surface area contributed by atoms with Gasteiger partial charge in [0.05, 0.1) is 6.04 Å². The molecule has 3 unspecified atom stereocenters. The van der Waals surface area contributed by atoms with Gasteiger partial charge in [0.25, 0.3) is 0 Å². The Bertz CT molecular complexity index is 533. The minimum Gasteiger partial charge on any atom is -0.334 e. The fraction of sp³-hybridized carbons (Fsp3) is 0.632. The average Bonchev–Trinajstić information content (AvgIpc) is 3.11. The first-order valence-corrected chi connectivity index (χ1v) is 9.14. The van der Waals surface area contributed by atoms with E-state index in [1.165, 1.54) is 18.4 Å². The lowest BCUT2D eigenvalue weighted by molar-refractivity contribution is -0.138. The lowest BCUT2D eigenvalue weighted by atomic mass is 10.1. The van der Waals surface area contributed by atoms with Gasteiger partial charge in [-0.05, 0) is 50.8 Å². The molecule has 4 nitrogen and oxygen atoms in total. The summed E-state index contributed by atoms with van der Waals surface area (Å²) >= 11 is 0. The molecule has 1 aromatic carbocycles. The SMILES string of the molecule is O=C(C1CCCN1Cc1ccccc1)N1C2CCNCC1CC2. The summed E-state index contributed by atoms with van der Waals surface area (Å²) in [7, 11) is 0. The van der Waals surface area contributed by atoms with Crippen LogP contribution in [-0.4, -0.2) is 53.5 Å². The molecule has 0 spiro atoms. The molecule has 3 aliphatic rings. The van der Waals surface area contributed by atoms with Gasteiger partial charge >= 0.3 is 0 Å². The van der Waals surface area contributed by atoms with Crippen LogP contribution in [0.3, 0.4) is 0 Å². The molecule has 0 saturated carbocycles. The maximum atomic E-state index is 13.3. The van der Waals surface area contributed by atoms with Gasteiger partial charge in [-0.25, -0.2) is 0 Å². The number of rotatable bonds is 3. The van der Waals surface area contributed by atoms with E-state index in [0.717, 1.165) is 45.4 Å². The minimum atomic E-state index is 0.0939. The van der Waals surface area contributed by atoms with E-state index < -0.39 is 0 Å². The highest BCUT2D eigenvalue weighted by Gasteiger charge is 2.42. The number of likely N-dealkylation sites (tertiary alicyclic amines) is 1. The first kappa shape index (κ1) is 15.2. The molecular formula is C19H27N3O. The van der Waals surface area contributed by atoms with Gasteiger partial charge in [0.2, 0.25) is 5.91 Å². The molecule has 3 aliphatic heterocycles. The summed E-state index contributed by atoms with van der Waals surface area (Å²) in [5.74, 6) is 0.398. The van der Waals surface area contributed by atoms with E-state index in [1.54, 1.807) is 0 Å². The molecule has 3 saturated heterocycles. The lowest BCUT2D eigenvalue weighted by Crippen LogP contribution is -2.50. The highest BCUT2D eigenvalue weighted by molar-refractivity contribution is 5.83. The summed E-state index contributed by atoms with van der Waals surface area (Å²) < 4.78 is 0. The van der Waals surface area contributed by atoms with Crippen LogP contribution < -0.4 is 5.32 Å². The molecule has 4 rings (SSSR count). The largest absolute Gasteiger partial charge is 0.334 e. The number of carbonyl (C=O) groups is 1. The number of fused-ring (bicyclic) bond motifs is 2. The average molecular weight is 313 g/mol. The normalized spacial score (nSPS) is 31.3. The highest BCUT2D eigenvalue weighted by Crippen LogP contribution is 2.31. The summed E-state index contributed by atoms with van der Waals surface area (Å²) in [5.41, 5.74) is 1.31. The maximum absolute atomic E-state index is 13.3. The second kappa shape index (κ2) is 6.62. The van der Waals surface area contributed by atoms with Gasteiger partial charge < -0.3 is 10.2 Å². The van der Waals surface area contributed by atoms with E-state index in [9.17, 15) is 4.79 Å². The molecule has 0 radical (unpaired) electrons. The Labute approximate surface area is 138 Å². The Morgan fingerprint density at radius 2 is 1.91 bits per heavy atom. The number of amides is 1. The van der Waals surface area contributed by atoms with Crippen LogP contribution in [0.5, 0.6) is 0 Å². The molecule has 3 atom stereocenters. The van der Waals surface area contributed by atoms with Crippen LogP contribution >= 0.6 is 0 Å². The standard InChI is InChI=1S/C19H27N3O/c23-19(22-16-8-9-17(22)13-20-11-10-16)18-7-4-12-21(18)14-15-5-2-1-3-6-15/h1-3,5-6,16-18,20H,4,7-14H2. The van der Waals surface area contributed by atoms with E-state index >= 15 is 0 Å². The Kier molecular flexibility index (Phi) is 4.36. The van der Waals surface area contributed by atoms with Crippen molar-refractivity contribution in [3.63, 3.8) is 0 Å². The van der Waals surface area contributed by atoms with Crippen molar-refractivity contribution in [2.75, 3.05) is 19.6 Å². The zero-order valence-corrected chi connectivity index (χ0v) is 13.8. The van der Waals surface area contributed by atoms with Gasteiger partial charge in [-0.15, -0.1) is 0 Å². The Balaban J connectivity index is 1.48. The molecule has 23 heavy (non-hydrogen) atoms. The lowest BCUT2D eigenvalue weighted by Gasteiger charge is -2.33. The molecule has 4 heteroatoms. The predicted molar refractivity (Wildman–Crippen MR) is 91.0 cm³/mol. The van der Waals surface area contributed by atoms with Crippen molar-refractivity contribution in [2.24, 2.45) is 0 Å². The molecular weight excluding hydrogens is 286 g/mol. The number of carbonyl (C=O) groups excluding carboxylic acids is 1. The molecule has 1 aromatic rings. The van der Waals surface area contributed by atoms with E-state index in [0.29, 0.717) is 18.0 Å². The molecule has 2 bridgehead atoms. The zero-order chi connectivity index (χ0) is 15.6. The van der Waals surface area contributed by atoms with Gasteiger partial charge in [-0.3, -0.25) is 9.69 Å². The van der Waals surface area contributed by atoms with Gasteiger partial charge in [-0.2, -0.15) is 0 Å². The number of nitrogens with one attached hydrogen (secondary N) is 1. The molecule has 3 heterocycles. The quantitative estimate of drug-likeness (QED) is 0.927. The third kappa shape index (κ3) is 3.02. The van der Waals surface area contributed by atoms with E-state index in [1.807, 2.05) is 0 Å². The third-order valence-corrected chi connectivity index (χ3v) is 5.79. The van der Waals surface area contributed by atoms with Gasteiger partial charge in [-0.1, -0.05) is 30.3 Å². The van der Waals surface area contributed by atoms with Crippen LogP contribution in [0, 0.1) is 0 Å². The number of benzene rings is 1. The summed E-state index contributed by atoms with van der Waals surface area (Å²) in [6.07, 6.45) is 5.66. The summed E-state index contributed by atoms with van der Waals surface area (Å²) in [4.78, 5) is 17.9. The Hall–Kier alpha value is -1.39. The highest BCUT2D eigenvalue weighted by atomic mass is 16.2. The first-order valence-electron chi connectivity index (χ1n) is 9.14. The van der Waals surface area contributed by atoms with E-state index in [-0.39, 0.29) is 6.04 Å². The molecule has 124 valence electrons. The van der Waals surface area contributed by atoms with Crippen molar-refractivity contribution in [1.29, 1.82) is 0 Å². The predicted octanol–water partition coefficient (Wildman–Crippen LogP) is 2.00. The second-order valence-electron chi connectivity index (χ2n) is 7.24. The Morgan fingerprint density at radius 3 is 2.78 bits per heavy atom. The van der Waals surface area contributed by atoms with Crippen LogP contribution in [0.2, 0.25) is 0 Å². The van der Waals surface area contributed by atoms with Crippen molar-refractivity contribution < 1.29 is 4.79 Å². The number of hydrogen-bond acceptors (Lipinski definition) is 3. The third-order valence-electron chi connectivity index (χ3n) is 5.79. The maximum Gasteiger partial charge on any atom is 0.240 e. The van der Waals surface area contributed by atoms with Crippen molar-refractivity contribution >= 4 is 5.91 Å². The van der Waals surface area contributed by atoms with Gasteiger partial charge in [0.15, 0.2) is 0 Å². The monoisotopic (exact) mass is 313 g/mol. The Morgan fingerprint density at radius 1 is 1.09 bits per heavy atom. The van der Waals surface area contributed by atoms with Crippen LogP contribution in [0.4, 0.5) is 0 Å². The van der Waals surface area contributed by atoms with Crippen LogP contribution in [0.1, 0.15) is 37.7 Å². The summed E-state index contributed by atoms with van der Waals surface area (Å²) in [6.45, 7) is 3.99. The van der Waals surface area contributed by atoms with Crippen molar-refractivity contribution in [2.45, 2.75) is 56.8 Å². The number of nitrogens with zero attached hydrogens (tertiary/aromatic N) is 2. The van der Waals surface area contributed by atoms with Crippen molar-refractivity contribution in [3.8, 4) is 0 Å². The second-order valence-corrected chi connectivity index (χ2v) is 7.24. The van der Waals surface area contributed by atoms with E-state index in [2.05, 4.69) is 45.4 Å². The van der Waals surface area contributed by atoms with Crippen LogP contribution in [0.15, 0.2) is 30.3 Å². The fourth-order valence-corrected chi connectivity index (χ4v) is 4.63. The minimum absolute atomic E-state index is 0.0939. The fourth-order valence-electron chi connectivity index (χ4n) is 4.63. The molecule has 1 amide bonds. The first-order chi connectivity index (χ1) is 11.3. The van der Waals surface area contributed by atoms with Gasteiger partial charge in [0, 0.05) is 25.2 Å². The molecule has 3 fully saturated rings. The van der Waals surface area contributed by atoms with Crippen molar-refractivity contribution in [3.05, 3.63) is 35.9 Å². The molecule has 0 aliphatic carbocycles. The summed E-state index contributed by atoms with van der Waals surface area (Å²) in [6, 6.07) is 11.6. The topological polar surface area (TPSA) is 35.6 Å². The summed E-state index contributed by atoms with van der Waals surface area (Å²) in [5, 5.41) is 3.50. The molecule has 0 aromatic heterocycles. The van der Waals surface area contributed by atoms with Gasteiger partial charge in [0.1, 0.15) is 0 Å². The van der Waals surface area contributed by atoms with E-state index in [4.69, 9.17) is 0 Å². The van der Waals surface area contributed by atoms with Crippen LogP contribution in [0.25, 0.3) is 0 Å². The molecule has 1 N–H and O–H groups in total. The van der Waals surface area contributed by atoms with Crippen molar-refractivity contribution in [1.82, 2.24) is 15.1 Å². The van der Waals surface area contributed by atoms with Crippen LogP contribution in [-0.2, 0) is 11.3 Å². The zero-order valence-electron chi connectivity index (χ0n) is 13.8. The smallest absolute Gasteiger partial charge is 0.240 e.